The molecule has 2 rings (SSSR count). The number of hydrogen-bond acceptors (Lipinski definition) is 4. The van der Waals surface area contributed by atoms with E-state index in [9.17, 15) is 4.79 Å². The zero-order valence-corrected chi connectivity index (χ0v) is 13.2. The first-order valence-corrected chi connectivity index (χ1v) is 7.04. The number of ether oxygens (including phenoxy) is 3. The third-order valence-corrected chi connectivity index (χ3v) is 3.98. The Hall–Kier alpha value is -1.43. The maximum absolute atomic E-state index is 11.1. The van der Waals surface area contributed by atoms with Gasteiger partial charge in [-0.25, -0.2) is 0 Å². The molecule has 1 aromatic carbocycles. The van der Waals surface area contributed by atoms with Crippen LogP contribution in [-0.4, -0.2) is 31.4 Å². The van der Waals surface area contributed by atoms with Gasteiger partial charge in [0, 0.05) is 11.0 Å². The van der Waals surface area contributed by atoms with E-state index in [1.165, 1.54) is 0 Å². The number of hydrogen-bond donors (Lipinski definition) is 1. The minimum absolute atomic E-state index is 0.00452. The zero-order chi connectivity index (χ0) is 14.9. The van der Waals surface area contributed by atoms with Crippen LogP contribution in [0.2, 0.25) is 0 Å². The van der Waals surface area contributed by atoms with Crippen LogP contribution in [0.3, 0.4) is 0 Å². The van der Waals surface area contributed by atoms with Crippen molar-refractivity contribution in [1.29, 1.82) is 0 Å². The van der Waals surface area contributed by atoms with E-state index in [-0.39, 0.29) is 6.42 Å². The predicted molar refractivity (Wildman–Crippen MR) is 77.0 cm³/mol. The van der Waals surface area contributed by atoms with E-state index in [1.807, 2.05) is 13.8 Å². The number of aliphatic carboxylic acids is 1. The number of benzene rings is 1. The topological polar surface area (TPSA) is 65.0 Å². The Morgan fingerprint density at radius 3 is 2.70 bits per heavy atom. The molecule has 0 unspecified atom stereocenters. The average Bonchev–Trinajstić information content (AvgIpc) is 2.37. The summed E-state index contributed by atoms with van der Waals surface area (Å²) in [6, 6.07) is 1.81. The van der Waals surface area contributed by atoms with Crippen molar-refractivity contribution >= 4 is 21.9 Å². The van der Waals surface area contributed by atoms with Gasteiger partial charge >= 0.3 is 5.97 Å². The number of methoxy groups -OCH3 is 1. The maximum atomic E-state index is 11.1. The van der Waals surface area contributed by atoms with E-state index in [1.54, 1.807) is 13.2 Å². The van der Waals surface area contributed by atoms with Crippen molar-refractivity contribution in [2.45, 2.75) is 25.7 Å². The maximum Gasteiger partial charge on any atom is 0.304 e. The Kier molecular flexibility index (Phi) is 4.13. The molecule has 0 amide bonds. The van der Waals surface area contributed by atoms with Crippen LogP contribution in [0.15, 0.2) is 10.5 Å². The molecule has 0 saturated carbocycles. The summed E-state index contributed by atoms with van der Waals surface area (Å²) in [6.07, 6.45) is -0.00452. The van der Waals surface area contributed by atoms with Crippen LogP contribution in [0.5, 0.6) is 17.2 Å². The van der Waals surface area contributed by atoms with Crippen LogP contribution in [0.25, 0.3) is 0 Å². The van der Waals surface area contributed by atoms with Gasteiger partial charge in [-0.1, -0.05) is 13.8 Å². The summed E-state index contributed by atoms with van der Waals surface area (Å²) in [5.74, 6) is 0.934. The van der Waals surface area contributed by atoms with E-state index in [4.69, 9.17) is 19.3 Å². The first-order chi connectivity index (χ1) is 9.36. The molecule has 0 saturated heterocycles. The highest BCUT2D eigenvalue weighted by Gasteiger charge is 2.32. The van der Waals surface area contributed by atoms with Gasteiger partial charge in [0.15, 0.2) is 11.5 Å². The van der Waals surface area contributed by atoms with Crippen molar-refractivity contribution < 1.29 is 24.1 Å². The Bertz CT molecular complexity index is 539. The molecule has 0 spiro atoms. The Morgan fingerprint density at radius 2 is 2.10 bits per heavy atom. The van der Waals surface area contributed by atoms with Gasteiger partial charge in [0.05, 0.1) is 13.5 Å². The zero-order valence-electron chi connectivity index (χ0n) is 11.7. The summed E-state index contributed by atoms with van der Waals surface area (Å²) in [5.41, 5.74) is 0.189. The van der Waals surface area contributed by atoms with Crippen molar-refractivity contribution in [2.24, 2.45) is 0 Å². The van der Waals surface area contributed by atoms with Gasteiger partial charge in [-0.2, -0.15) is 0 Å². The highest BCUT2D eigenvalue weighted by atomic mass is 79.9. The molecule has 0 bridgehead atoms. The fourth-order valence-electron chi connectivity index (χ4n) is 2.30. The number of halogens is 1. The second-order valence-corrected chi connectivity index (χ2v) is 6.04. The molecular formula is C14H17BrO5. The Balaban J connectivity index is 2.57. The third kappa shape index (κ3) is 2.70. The smallest absolute Gasteiger partial charge is 0.304 e. The summed E-state index contributed by atoms with van der Waals surface area (Å²) < 4.78 is 17.3. The van der Waals surface area contributed by atoms with E-state index in [0.717, 1.165) is 5.56 Å². The summed E-state index contributed by atoms with van der Waals surface area (Å²) in [5, 5.41) is 9.07. The second kappa shape index (κ2) is 5.52. The number of carboxylic acids is 1. The molecule has 0 radical (unpaired) electrons. The lowest BCUT2D eigenvalue weighted by Gasteiger charge is -2.29. The van der Waals surface area contributed by atoms with Crippen LogP contribution in [0.1, 0.15) is 25.8 Å². The van der Waals surface area contributed by atoms with Gasteiger partial charge in [-0.15, -0.1) is 0 Å². The number of carboxylic acid groups (broad SMARTS) is 1. The monoisotopic (exact) mass is 344 g/mol. The lowest BCUT2D eigenvalue weighted by atomic mass is 9.80. The molecule has 1 aromatic rings. The number of carbonyl (C=O) groups is 1. The molecule has 20 heavy (non-hydrogen) atoms. The van der Waals surface area contributed by atoms with Crippen LogP contribution < -0.4 is 14.2 Å². The van der Waals surface area contributed by atoms with Crippen LogP contribution in [0.4, 0.5) is 0 Å². The molecule has 110 valence electrons. The second-order valence-electron chi connectivity index (χ2n) is 5.25. The standard InChI is InChI=1S/C14H17BrO5/c1-14(2,7-10(16)17)8-6-9-13(20-5-4-19-9)11(15)12(8)18-3/h6H,4-5,7H2,1-3H3,(H,16,17). The number of rotatable bonds is 4. The Labute approximate surface area is 126 Å². The SMILES string of the molecule is COc1c(C(C)(C)CC(=O)O)cc2c(c1Br)OCCO2. The lowest BCUT2D eigenvalue weighted by Crippen LogP contribution is -2.24. The molecule has 1 aliphatic rings. The van der Waals surface area contributed by atoms with Crippen molar-refractivity contribution in [3.8, 4) is 17.2 Å². The molecule has 5 nitrogen and oxygen atoms in total. The largest absolute Gasteiger partial charge is 0.495 e. The highest BCUT2D eigenvalue weighted by molar-refractivity contribution is 9.10. The molecule has 6 heteroatoms. The van der Waals surface area contributed by atoms with Gasteiger partial charge in [0.2, 0.25) is 0 Å². The average molecular weight is 345 g/mol. The van der Waals surface area contributed by atoms with Crippen molar-refractivity contribution in [3.05, 3.63) is 16.1 Å². The minimum atomic E-state index is -0.858. The van der Waals surface area contributed by atoms with E-state index >= 15 is 0 Å². The summed E-state index contributed by atoms with van der Waals surface area (Å²) in [4.78, 5) is 11.1. The van der Waals surface area contributed by atoms with Crippen molar-refractivity contribution in [1.82, 2.24) is 0 Å². The van der Waals surface area contributed by atoms with Gasteiger partial charge in [-0.3, -0.25) is 4.79 Å². The van der Waals surface area contributed by atoms with E-state index in [2.05, 4.69) is 15.9 Å². The van der Waals surface area contributed by atoms with E-state index < -0.39 is 11.4 Å². The summed E-state index contributed by atoms with van der Waals surface area (Å²) in [6.45, 7) is 4.68. The quantitative estimate of drug-likeness (QED) is 0.909. The molecule has 0 aliphatic carbocycles. The normalized spacial score (nSPS) is 14.0. The minimum Gasteiger partial charge on any atom is -0.495 e. The molecular weight excluding hydrogens is 328 g/mol. The lowest BCUT2D eigenvalue weighted by molar-refractivity contribution is -0.138. The van der Waals surface area contributed by atoms with Crippen LogP contribution in [0, 0.1) is 0 Å². The molecule has 1 N–H and O–H groups in total. The molecule has 0 aromatic heterocycles. The first kappa shape index (κ1) is 15.0. The van der Waals surface area contributed by atoms with Gasteiger partial charge in [0.1, 0.15) is 23.4 Å². The van der Waals surface area contributed by atoms with Crippen molar-refractivity contribution in [2.75, 3.05) is 20.3 Å². The summed E-state index contributed by atoms with van der Waals surface area (Å²) in [7, 11) is 1.55. The van der Waals surface area contributed by atoms with E-state index in [0.29, 0.717) is 34.9 Å². The fraction of sp³-hybridized carbons (Fsp3) is 0.500. The van der Waals surface area contributed by atoms with Crippen LogP contribution >= 0.6 is 15.9 Å². The number of fused-ring (bicyclic) bond motifs is 1. The Morgan fingerprint density at radius 1 is 1.45 bits per heavy atom. The third-order valence-electron chi connectivity index (χ3n) is 3.26. The van der Waals surface area contributed by atoms with Gasteiger partial charge < -0.3 is 19.3 Å². The summed E-state index contributed by atoms with van der Waals surface area (Å²) >= 11 is 3.46. The fourth-order valence-corrected chi connectivity index (χ4v) is 2.99. The molecule has 1 aliphatic heterocycles. The van der Waals surface area contributed by atoms with Gasteiger partial charge in [0.25, 0.3) is 0 Å². The van der Waals surface area contributed by atoms with Crippen molar-refractivity contribution in [3.63, 3.8) is 0 Å². The highest BCUT2D eigenvalue weighted by Crippen LogP contribution is 2.49. The molecule has 1 heterocycles. The van der Waals surface area contributed by atoms with Crippen LogP contribution in [-0.2, 0) is 10.2 Å². The molecule has 0 atom stereocenters. The molecule has 0 fully saturated rings. The first-order valence-electron chi connectivity index (χ1n) is 6.25. The predicted octanol–water partition coefficient (Wildman–Crippen LogP) is 2.98. The van der Waals surface area contributed by atoms with Gasteiger partial charge in [-0.05, 0) is 22.0 Å².